The highest BCUT2D eigenvalue weighted by Crippen LogP contribution is 2.18. The Morgan fingerprint density at radius 1 is 1.13 bits per heavy atom. The SMILES string of the molecule is CC(C)=CC(C)Oc1cc(C)cc(C)c1. The number of hydrogen-bond acceptors (Lipinski definition) is 1. The summed E-state index contributed by atoms with van der Waals surface area (Å²) in [5, 5.41) is 0. The number of rotatable bonds is 3. The zero-order chi connectivity index (χ0) is 11.4. The average Bonchev–Trinajstić information content (AvgIpc) is 1.98. The second kappa shape index (κ2) is 5.01. The van der Waals surface area contributed by atoms with Crippen LogP contribution in [0.1, 0.15) is 31.9 Å². The largest absolute Gasteiger partial charge is 0.487 e. The van der Waals surface area contributed by atoms with Crippen molar-refractivity contribution in [2.75, 3.05) is 0 Å². The Labute approximate surface area is 92.8 Å². The first kappa shape index (κ1) is 11.8. The molecule has 1 heteroatoms. The summed E-state index contributed by atoms with van der Waals surface area (Å²) in [6.45, 7) is 10.4. The van der Waals surface area contributed by atoms with Crippen molar-refractivity contribution in [1.29, 1.82) is 0 Å². The zero-order valence-corrected chi connectivity index (χ0v) is 10.3. The molecule has 0 aromatic heterocycles. The summed E-state index contributed by atoms with van der Waals surface area (Å²) >= 11 is 0. The van der Waals surface area contributed by atoms with Crippen LogP contribution in [0.4, 0.5) is 0 Å². The molecule has 0 aliphatic heterocycles. The molecule has 1 nitrogen and oxygen atoms in total. The van der Waals surface area contributed by atoms with Crippen molar-refractivity contribution in [2.24, 2.45) is 0 Å². The van der Waals surface area contributed by atoms with Crippen LogP contribution in [-0.4, -0.2) is 6.10 Å². The van der Waals surface area contributed by atoms with E-state index >= 15 is 0 Å². The third kappa shape index (κ3) is 4.20. The monoisotopic (exact) mass is 204 g/mol. The molecule has 0 N–H and O–H groups in total. The van der Waals surface area contributed by atoms with Crippen LogP contribution in [-0.2, 0) is 0 Å². The highest BCUT2D eigenvalue weighted by molar-refractivity contribution is 5.33. The first-order chi connectivity index (χ1) is 6.97. The van der Waals surface area contributed by atoms with Crippen molar-refractivity contribution in [3.8, 4) is 5.75 Å². The molecule has 1 rings (SSSR count). The van der Waals surface area contributed by atoms with Gasteiger partial charge in [0.25, 0.3) is 0 Å². The van der Waals surface area contributed by atoms with Gasteiger partial charge in [-0.05, 0) is 64.0 Å². The van der Waals surface area contributed by atoms with Crippen molar-refractivity contribution in [3.05, 3.63) is 41.0 Å². The Kier molecular flexibility index (Phi) is 3.96. The number of aryl methyl sites for hydroxylation is 2. The van der Waals surface area contributed by atoms with Gasteiger partial charge in [-0.1, -0.05) is 11.6 Å². The normalized spacial score (nSPS) is 12.1. The molecule has 1 unspecified atom stereocenters. The van der Waals surface area contributed by atoms with E-state index in [9.17, 15) is 0 Å². The van der Waals surface area contributed by atoms with E-state index in [-0.39, 0.29) is 6.10 Å². The van der Waals surface area contributed by atoms with Crippen molar-refractivity contribution in [2.45, 2.75) is 40.7 Å². The van der Waals surface area contributed by atoms with Gasteiger partial charge in [0.2, 0.25) is 0 Å². The third-order valence-electron chi connectivity index (χ3n) is 2.09. The minimum absolute atomic E-state index is 0.135. The molecule has 1 aromatic rings. The van der Waals surface area contributed by atoms with Crippen LogP contribution in [0.25, 0.3) is 0 Å². The van der Waals surface area contributed by atoms with Gasteiger partial charge in [-0.15, -0.1) is 0 Å². The number of allylic oxidation sites excluding steroid dienone is 1. The molecule has 0 heterocycles. The Morgan fingerprint density at radius 2 is 1.67 bits per heavy atom. The van der Waals surface area contributed by atoms with Crippen LogP contribution < -0.4 is 4.74 Å². The van der Waals surface area contributed by atoms with Gasteiger partial charge in [-0.25, -0.2) is 0 Å². The predicted molar refractivity (Wildman–Crippen MR) is 65.4 cm³/mol. The summed E-state index contributed by atoms with van der Waals surface area (Å²) in [7, 11) is 0. The maximum absolute atomic E-state index is 5.81. The molecular formula is C14H20O. The van der Waals surface area contributed by atoms with E-state index in [1.165, 1.54) is 16.7 Å². The van der Waals surface area contributed by atoms with Gasteiger partial charge < -0.3 is 4.74 Å². The number of ether oxygens (including phenoxy) is 1. The van der Waals surface area contributed by atoms with Crippen LogP contribution in [0.15, 0.2) is 29.8 Å². The van der Waals surface area contributed by atoms with E-state index < -0.39 is 0 Å². The van der Waals surface area contributed by atoms with Crippen LogP contribution in [0, 0.1) is 13.8 Å². The predicted octanol–water partition coefficient (Wildman–Crippen LogP) is 4.04. The second-order valence-electron chi connectivity index (χ2n) is 4.39. The fraction of sp³-hybridized carbons (Fsp3) is 0.429. The van der Waals surface area contributed by atoms with E-state index in [4.69, 9.17) is 4.74 Å². The van der Waals surface area contributed by atoms with Gasteiger partial charge in [0, 0.05) is 0 Å². The van der Waals surface area contributed by atoms with Gasteiger partial charge in [0.05, 0.1) is 0 Å². The molecule has 0 saturated heterocycles. The maximum atomic E-state index is 5.81. The lowest BCUT2D eigenvalue weighted by Gasteiger charge is -2.12. The van der Waals surface area contributed by atoms with Crippen LogP contribution >= 0.6 is 0 Å². The Balaban J connectivity index is 2.76. The van der Waals surface area contributed by atoms with Gasteiger partial charge >= 0.3 is 0 Å². The Morgan fingerprint density at radius 3 is 2.13 bits per heavy atom. The third-order valence-corrected chi connectivity index (χ3v) is 2.09. The second-order valence-corrected chi connectivity index (χ2v) is 4.39. The molecular weight excluding hydrogens is 184 g/mol. The summed E-state index contributed by atoms with van der Waals surface area (Å²) in [5.74, 6) is 0.956. The molecule has 82 valence electrons. The van der Waals surface area contributed by atoms with E-state index in [0.29, 0.717) is 0 Å². The lowest BCUT2D eigenvalue weighted by atomic mass is 10.1. The fourth-order valence-electron chi connectivity index (χ4n) is 1.72. The average molecular weight is 204 g/mol. The van der Waals surface area contributed by atoms with E-state index in [1.54, 1.807) is 0 Å². The number of benzene rings is 1. The van der Waals surface area contributed by atoms with Crippen molar-refractivity contribution in [1.82, 2.24) is 0 Å². The molecule has 0 amide bonds. The van der Waals surface area contributed by atoms with Gasteiger partial charge in [0.1, 0.15) is 11.9 Å². The van der Waals surface area contributed by atoms with Crippen LogP contribution in [0.2, 0.25) is 0 Å². The topological polar surface area (TPSA) is 9.23 Å². The van der Waals surface area contributed by atoms with Gasteiger partial charge in [-0.2, -0.15) is 0 Å². The van der Waals surface area contributed by atoms with Crippen molar-refractivity contribution in [3.63, 3.8) is 0 Å². The summed E-state index contributed by atoms with van der Waals surface area (Å²) < 4.78 is 5.81. The molecule has 0 spiro atoms. The van der Waals surface area contributed by atoms with Crippen molar-refractivity contribution >= 4 is 0 Å². The Hall–Kier alpha value is -1.24. The maximum Gasteiger partial charge on any atom is 0.120 e. The summed E-state index contributed by atoms with van der Waals surface area (Å²) in [6, 6.07) is 6.29. The minimum Gasteiger partial charge on any atom is -0.487 e. The lowest BCUT2D eigenvalue weighted by molar-refractivity contribution is 0.268. The summed E-state index contributed by atoms with van der Waals surface area (Å²) in [6.07, 6.45) is 2.26. The molecule has 0 saturated carbocycles. The number of hydrogen-bond donors (Lipinski definition) is 0. The standard InChI is InChI=1S/C14H20O/c1-10(2)6-13(5)15-14-8-11(3)7-12(4)9-14/h6-9,13H,1-5H3. The van der Waals surface area contributed by atoms with E-state index in [2.05, 4.69) is 58.9 Å². The quantitative estimate of drug-likeness (QED) is 0.675. The molecule has 0 aliphatic carbocycles. The van der Waals surface area contributed by atoms with E-state index in [1.807, 2.05) is 0 Å². The molecule has 0 aliphatic rings. The first-order valence-electron chi connectivity index (χ1n) is 5.37. The van der Waals surface area contributed by atoms with Gasteiger partial charge in [0.15, 0.2) is 0 Å². The summed E-state index contributed by atoms with van der Waals surface area (Å²) in [5.41, 5.74) is 3.77. The highest BCUT2D eigenvalue weighted by atomic mass is 16.5. The first-order valence-corrected chi connectivity index (χ1v) is 5.37. The summed E-state index contributed by atoms with van der Waals surface area (Å²) in [4.78, 5) is 0. The van der Waals surface area contributed by atoms with Crippen LogP contribution in [0.5, 0.6) is 5.75 Å². The molecule has 0 fully saturated rings. The Bertz CT molecular complexity index is 339. The van der Waals surface area contributed by atoms with Crippen molar-refractivity contribution < 1.29 is 4.74 Å². The van der Waals surface area contributed by atoms with Gasteiger partial charge in [-0.3, -0.25) is 0 Å². The van der Waals surface area contributed by atoms with Crippen LogP contribution in [0.3, 0.4) is 0 Å². The zero-order valence-electron chi connectivity index (χ0n) is 10.3. The minimum atomic E-state index is 0.135. The molecule has 0 bridgehead atoms. The lowest BCUT2D eigenvalue weighted by Crippen LogP contribution is -2.08. The smallest absolute Gasteiger partial charge is 0.120 e. The molecule has 1 aromatic carbocycles. The van der Waals surface area contributed by atoms with E-state index in [0.717, 1.165) is 5.75 Å². The molecule has 15 heavy (non-hydrogen) atoms. The fourth-order valence-corrected chi connectivity index (χ4v) is 1.72. The highest BCUT2D eigenvalue weighted by Gasteiger charge is 2.01. The molecule has 1 atom stereocenters. The molecule has 0 radical (unpaired) electrons.